The van der Waals surface area contributed by atoms with Crippen LogP contribution in [0.5, 0.6) is 0 Å². The van der Waals surface area contributed by atoms with Crippen molar-refractivity contribution in [3.05, 3.63) is 78.0 Å². The summed E-state index contributed by atoms with van der Waals surface area (Å²) in [5, 5.41) is 0. The molecule has 2 aromatic carbocycles. The van der Waals surface area contributed by atoms with Crippen molar-refractivity contribution in [2.75, 3.05) is 26.9 Å². The first-order valence-electron chi connectivity index (χ1n) is 12.1. The summed E-state index contributed by atoms with van der Waals surface area (Å²) in [5.41, 5.74) is 7.89. The topological polar surface area (TPSA) is 73.4 Å². The van der Waals surface area contributed by atoms with Gasteiger partial charge in [0.05, 0.1) is 17.9 Å². The Hall–Kier alpha value is -3.10. The van der Waals surface area contributed by atoms with Crippen molar-refractivity contribution in [2.45, 2.75) is 45.8 Å². The Morgan fingerprint density at radius 1 is 1.17 bits per heavy atom. The molecule has 0 aliphatic heterocycles. The number of ether oxygens (including phenoxy) is 1. The van der Waals surface area contributed by atoms with Crippen LogP contribution in [-0.2, 0) is 16.1 Å². The molecule has 8 heteroatoms. The smallest absolute Gasteiger partial charge is 0.249 e. The minimum Gasteiger partial charge on any atom is -0.375 e. The molecule has 0 radical (unpaired) electrons. The molecule has 3 rings (SSSR count). The van der Waals surface area contributed by atoms with E-state index in [0.29, 0.717) is 24.4 Å². The summed E-state index contributed by atoms with van der Waals surface area (Å²) >= 11 is 0. The zero-order valence-corrected chi connectivity index (χ0v) is 21.5. The molecule has 36 heavy (non-hydrogen) atoms. The lowest BCUT2D eigenvalue weighted by molar-refractivity contribution is -0.140. The highest BCUT2D eigenvalue weighted by Gasteiger charge is 2.38. The third kappa shape index (κ3) is 6.77. The van der Waals surface area contributed by atoms with E-state index in [4.69, 9.17) is 15.5 Å². The number of alkyl halides is 1. The van der Waals surface area contributed by atoms with Gasteiger partial charge in [0.25, 0.3) is 0 Å². The van der Waals surface area contributed by atoms with E-state index in [-0.39, 0.29) is 24.9 Å². The molecular weight excluding hydrogens is 462 g/mol. The van der Waals surface area contributed by atoms with Gasteiger partial charge in [-0.15, -0.1) is 0 Å². The van der Waals surface area contributed by atoms with Crippen LogP contribution in [-0.4, -0.2) is 53.3 Å². The van der Waals surface area contributed by atoms with Crippen molar-refractivity contribution in [3.63, 3.8) is 0 Å². The van der Waals surface area contributed by atoms with Gasteiger partial charge in [-0.05, 0) is 29.5 Å². The number of aromatic nitrogens is 2. The Balaban J connectivity index is 2.17. The van der Waals surface area contributed by atoms with Crippen LogP contribution in [0, 0.1) is 11.2 Å². The minimum absolute atomic E-state index is 0.117. The molecule has 0 spiro atoms. The fourth-order valence-corrected chi connectivity index (χ4v) is 4.40. The Bertz CT molecular complexity index is 1130. The highest BCUT2D eigenvalue weighted by Crippen LogP contribution is 2.39. The molecule has 0 aliphatic carbocycles. The van der Waals surface area contributed by atoms with Crippen LogP contribution in [0.4, 0.5) is 8.78 Å². The van der Waals surface area contributed by atoms with Crippen LogP contribution in [0.1, 0.15) is 44.6 Å². The Labute approximate surface area is 212 Å². The van der Waals surface area contributed by atoms with E-state index in [0.717, 1.165) is 11.3 Å². The fraction of sp³-hybridized carbons (Fsp3) is 0.429. The van der Waals surface area contributed by atoms with E-state index >= 15 is 0 Å². The molecule has 1 unspecified atom stereocenters. The number of benzene rings is 2. The summed E-state index contributed by atoms with van der Waals surface area (Å²) in [6.45, 7) is 6.04. The maximum Gasteiger partial charge on any atom is 0.249 e. The lowest BCUT2D eigenvalue weighted by Crippen LogP contribution is -2.45. The van der Waals surface area contributed by atoms with Gasteiger partial charge in [0.1, 0.15) is 24.9 Å². The van der Waals surface area contributed by atoms with Crippen LogP contribution in [0.3, 0.4) is 0 Å². The zero-order valence-electron chi connectivity index (χ0n) is 21.5. The Kier molecular flexibility index (Phi) is 9.34. The normalized spacial score (nSPS) is 13.4. The van der Waals surface area contributed by atoms with Gasteiger partial charge in [-0.1, -0.05) is 63.2 Å². The summed E-state index contributed by atoms with van der Waals surface area (Å²) in [4.78, 5) is 19.8. The molecular formula is C28H36F2N4O2. The second-order valence-electron chi connectivity index (χ2n) is 10.1. The lowest BCUT2D eigenvalue weighted by Gasteiger charge is -2.40. The first kappa shape index (κ1) is 27.5. The number of methoxy groups -OCH3 is 1. The molecule has 0 aliphatic rings. The van der Waals surface area contributed by atoms with E-state index in [1.807, 2.05) is 61.7 Å². The summed E-state index contributed by atoms with van der Waals surface area (Å²) in [6, 6.07) is 15.1. The van der Waals surface area contributed by atoms with E-state index in [1.165, 1.54) is 19.2 Å². The van der Waals surface area contributed by atoms with Gasteiger partial charge in [0.2, 0.25) is 5.91 Å². The van der Waals surface area contributed by atoms with Gasteiger partial charge in [-0.2, -0.15) is 0 Å². The maximum absolute atomic E-state index is 14.2. The molecule has 0 saturated heterocycles. The summed E-state index contributed by atoms with van der Waals surface area (Å²) in [7, 11) is 1.47. The third-order valence-corrected chi connectivity index (χ3v) is 6.09. The number of nitrogens with zero attached hydrogens (tertiary/aromatic N) is 3. The monoisotopic (exact) mass is 498 g/mol. The van der Waals surface area contributed by atoms with Crippen LogP contribution in [0.15, 0.2) is 60.8 Å². The quantitative estimate of drug-likeness (QED) is 0.404. The first-order chi connectivity index (χ1) is 17.2. The molecule has 0 fully saturated rings. The third-order valence-electron chi connectivity index (χ3n) is 6.09. The van der Waals surface area contributed by atoms with Gasteiger partial charge in [0.15, 0.2) is 0 Å². The summed E-state index contributed by atoms with van der Waals surface area (Å²) < 4.78 is 34.5. The largest absolute Gasteiger partial charge is 0.375 e. The van der Waals surface area contributed by atoms with Crippen molar-refractivity contribution in [1.82, 2.24) is 14.5 Å². The molecule has 2 atom stereocenters. The number of halogens is 2. The number of rotatable bonds is 11. The molecule has 194 valence electrons. The van der Waals surface area contributed by atoms with Crippen molar-refractivity contribution >= 4 is 5.91 Å². The van der Waals surface area contributed by atoms with Crippen molar-refractivity contribution < 1.29 is 18.3 Å². The van der Waals surface area contributed by atoms with Gasteiger partial charge < -0.3 is 19.9 Å². The average Bonchev–Trinajstić information content (AvgIpc) is 3.23. The number of carbonyl (C=O) groups is 1. The number of carbonyl (C=O) groups excluding carboxylic acids is 1. The van der Waals surface area contributed by atoms with E-state index in [1.54, 1.807) is 17.2 Å². The van der Waals surface area contributed by atoms with E-state index in [9.17, 15) is 13.6 Å². The zero-order chi connectivity index (χ0) is 26.3. The number of hydrogen-bond acceptors (Lipinski definition) is 4. The minimum atomic E-state index is -0.671. The second-order valence-corrected chi connectivity index (χ2v) is 10.1. The van der Waals surface area contributed by atoms with Gasteiger partial charge in [-0.25, -0.2) is 13.8 Å². The highest BCUT2D eigenvalue weighted by molar-refractivity contribution is 5.78. The standard InChI is InChI=1S/C28H36F2N4O2/c1-28(2,3)26(33(25(35)19-36-4)14-13-23(31)16-29)27-32-17-24(21-11-8-12-22(30)15-21)34(27)18-20-9-6-5-7-10-20/h5-12,15,17,23,26H,13-14,16,18-19,31H2,1-4H3/t23?,26-/m0/s1. The molecule has 6 nitrogen and oxygen atoms in total. The SMILES string of the molecule is COCC(=O)N(CCC(N)CF)[C@@H](c1ncc(-c2cccc(F)c2)n1Cc1ccccc1)C(C)(C)C. The van der Waals surface area contributed by atoms with Crippen molar-refractivity contribution in [1.29, 1.82) is 0 Å². The summed E-state index contributed by atoms with van der Waals surface area (Å²) in [6.07, 6.45) is 2.02. The molecule has 3 aromatic rings. The Morgan fingerprint density at radius 3 is 2.50 bits per heavy atom. The van der Waals surface area contributed by atoms with Crippen LogP contribution < -0.4 is 5.73 Å². The van der Waals surface area contributed by atoms with Gasteiger partial charge in [0, 0.05) is 31.8 Å². The fourth-order valence-electron chi connectivity index (χ4n) is 4.40. The molecule has 1 aromatic heterocycles. The number of hydrogen-bond donors (Lipinski definition) is 1. The summed E-state index contributed by atoms with van der Waals surface area (Å²) in [5.74, 6) is 0.0833. The predicted molar refractivity (Wildman–Crippen MR) is 138 cm³/mol. The van der Waals surface area contributed by atoms with Crippen LogP contribution >= 0.6 is 0 Å². The van der Waals surface area contributed by atoms with E-state index in [2.05, 4.69) is 0 Å². The van der Waals surface area contributed by atoms with E-state index < -0.39 is 24.2 Å². The first-order valence-corrected chi connectivity index (χ1v) is 12.1. The van der Waals surface area contributed by atoms with Crippen LogP contribution in [0.2, 0.25) is 0 Å². The molecule has 1 amide bonds. The number of nitrogens with two attached hydrogens (primary N) is 1. The molecule has 0 saturated carbocycles. The molecule has 0 bridgehead atoms. The average molecular weight is 499 g/mol. The number of imidazole rings is 1. The van der Waals surface area contributed by atoms with Crippen molar-refractivity contribution in [2.24, 2.45) is 11.1 Å². The predicted octanol–water partition coefficient (Wildman–Crippen LogP) is 4.99. The second kappa shape index (κ2) is 12.2. The highest BCUT2D eigenvalue weighted by atomic mass is 19.1. The molecule has 1 heterocycles. The van der Waals surface area contributed by atoms with Gasteiger partial charge >= 0.3 is 0 Å². The number of amides is 1. The molecule has 2 N–H and O–H groups in total. The van der Waals surface area contributed by atoms with Crippen molar-refractivity contribution in [3.8, 4) is 11.3 Å². The lowest BCUT2D eigenvalue weighted by atomic mass is 9.84. The van der Waals surface area contributed by atoms with Crippen LogP contribution in [0.25, 0.3) is 11.3 Å². The Morgan fingerprint density at radius 2 is 1.89 bits per heavy atom. The maximum atomic E-state index is 14.2. The van der Waals surface area contributed by atoms with Gasteiger partial charge in [-0.3, -0.25) is 4.79 Å².